The molecule has 5 heteroatoms. The summed E-state index contributed by atoms with van der Waals surface area (Å²) in [4.78, 5) is 22.6. The summed E-state index contributed by atoms with van der Waals surface area (Å²) in [6.45, 7) is 3.48. The fourth-order valence-electron chi connectivity index (χ4n) is 1.12. The Morgan fingerprint density at radius 3 is 2.86 bits per heavy atom. The quantitative estimate of drug-likeness (QED) is 0.535. The number of ether oxygens (including phenoxy) is 1. The zero-order chi connectivity index (χ0) is 10.7. The van der Waals surface area contributed by atoms with E-state index in [4.69, 9.17) is 10.6 Å². The van der Waals surface area contributed by atoms with E-state index in [2.05, 4.69) is 0 Å². The van der Waals surface area contributed by atoms with E-state index in [1.165, 1.54) is 19.2 Å². The highest BCUT2D eigenvalue weighted by Gasteiger charge is 2.15. The Bertz CT molecular complexity index is 409. The number of nitrogens with two attached hydrogens (primary N) is 1. The summed E-state index contributed by atoms with van der Waals surface area (Å²) in [5.41, 5.74) is 0.169. The summed E-state index contributed by atoms with van der Waals surface area (Å²) < 4.78 is 5.86. The van der Waals surface area contributed by atoms with E-state index in [1.807, 2.05) is 0 Å². The minimum absolute atomic E-state index is 0.0966. The van der Waals surface area contributed by atoms with Crippen molar-refractivity contribution in [3.05, 3.63) is 33.7 Å². The molecule has 14 heavy (non-hydrogen) atoms. The normalized spacial score (nSPS) is 9.86. The van der Waals surface area contributed by atoms with Gasteiger partial charge in [-0.25, -0.2) is 4.79 Å². The molecule has 0 saturated heterocycles. The van der Waals surface area contributed by atoms with Crippen molar-refractivity contribution in [2.45, 2.75) is 13.8 Å². The summed E-state index contributed by atoms with van der Waals surface area (Å²) in [5.74, 6) is 4.92. The van der Waals surface area contributed by atoms with Crippen LogP contribution in [-0.2, 0) is 4.74 Å². The van der Waals surface area contributed by atoms with E-state index >= 15 is 0 Å². The second-order valence-corrected chi connectivity index (χ2v) is 2.78. The lowest BCUT2D eigenvalue weighted by Crippen LogP contribution is -2.26. The van der Waals surface area contributed by atoms with Crippen LogP contribution in [0.5, 0.6) is 0 Å². The molecule has 0 radical (unpaired) electrons. The molecule has 1 rings (SSSR count). The summed E-state index contributed by atoms with van der Waals surface area (Å²) in [6.07, 6.45) is 1.33. The van der Waals surface area contributed by atoms with Crippen LogP contribution in [0, 0.1) is 6.92 Å². The molecule has 0 fully saturated rings. The number of pyridine rings is 1. The number of carbonyl (C=O) groups is 1. The molecule has 0 aliphatic heterocycles. The number of esters is 1. The third kappa shape index (κ3) is 1.76. The van der Waals surface area contributed by atoms with Crippen LogP contribution in [0.2, 0.25) is 0 Å². The molecule has 1 heterocycles. The molecule has 0 saturated carbocycles. The highest BCUT2D eigenvalue weighted by molar-refractivity contribution is 5.89. The van der Waals surface area contributed by atoms with E-state index in [0.29, 0.717) is 5.56 Å². The van der Waals surface area contributed by atoms with Gasteiger partial charge in [0, 0.05) is 17.8 Å². The maximum Gasteiger partial charge on any atom is 0.357 e. The van der Waals surface area contributed by atoms with Gasteiger partial charge in [0.05, 0.1) is 6.61 Å². The number of rotatable bonds is 2. The summed E-state index contributed by atoms with van der Waals surface area (Å²) >= 11 is 0. The van der Waals surface area contributed by atoms with Gasteiger partial charge in [-0.1, -0.05) is 0 Å². The van der Waals surface area contributed by atoms with E-state index in [9.17, 15) is 9.59 Å². The molecule has 1 aromatic rings. The van der Waals surface area contributed by atoms with Crippen LogP contribution in [0.15, 0.2) is 17.1 Å². The number of carbonyl (C=O) groups excluding carboxylic acids is 1. The summed E-state index contributed by atoms with van der Waals surface area (Å²) in [5, 5.41) is 0. The fourth-order valence-corrected chi connectivity index (χ4v) is 1.12. The van der Waals surface area contributed by atoms with Crippen molar-refractivity contribution in [3.63, 3.8) is 0 Å². The highest BCUT2D eigenvalue weighted by Crippen LogP contribution is 2.02. The molecule has 0 aliphatic carbocycles. The predicted molar refractivity (Wildman–Crippen MR) is 51.5 cm³/mol. The van der Waals surface area contributed by atoms with Crippen molar-refractivity contribution >= 4 is 5.97 Å². The van der Waals surface area contributed by atoms with Gasteiger partial charge in [-0.3, -0.25) is 9.47 Å². The Morgan fingerprint density at radius 1 is 1.64 bits per heavy atom. The Kier molecular flexibility index (Phi) is 2.91. The summed E-state index contributed by atoms with van der Waals surface area (Å²) in [6, 6.07) is 1.30. The van der Waals surface area contributed by atoms with Crippen molar-refractivity contribution < 1.29 is 9.53 Å². The van der Waals surface area contributed by atoms with Gasteiger partial charge in [0.25, 0.3) is 0 Å². The Morgan fingerprint density at radius 2 is 2.29 bits per heavy atom. The Hall–Kier alpha value is -1.78. The van der Waals surface area contributed by atoms with Crippen molar-refractivity contribution in [1.82, 2.24) is 4.68 Å². The molecule has 0 aromatic carbocycles. The Labute approximate surface area is 81.1 Å². The highest BCUT2D eigenvalue weighted by atomic mass is 16.5. The van der Waals surface area contributed by atoms with E-state index in [1.54, 1.807) is 6.92 Å². The van der Waals surface area contributed by atoms with Gasteiger partial charge in [0.2, 0.25) is 0 Å². The van der Waals surface area contributed by atoms with Crippen molar-refractivity contribution in [2.24, 2.45) is 0 Å². The second-order valence-electron chi connectivity index (χ2n) is 2.78. The molecular formula is C9H12N2O3. The zero-order valence-electron chi connectivity index (χ0n) is 8.11. The van der Waals surface area contributed by atoms with E-state index in [-0.39, 0.29) is 17.7 Å². The van der Waals surface area contributed by atoms with Gasteiger partial charge < -0.3 is 10.6 Å². The smallest absolute Gasteiger partial charge is 0.357 e. The molecule has 0 aliphatic rings. The molecule has 5 nitrogen and oxygen atoms in total. The third-order valence-corrected chi connectivity index (χ3v) is 1.84. The van der Waals surface area contributed by atoms with Gasteiger partial charge in [0.1, 0.15) is 0 Å². The van der Waals surface area contributed by atoms with E-state index < -0.39 is 5.97 Å². The monoisotopic (exact) mass is 196 g/mol. The number of nitrogen functional groups attached to an aromatic ring is 1. The topological polar surface area (TPSA) is 74.3 Å². The maximum absolute atomic E-state index is 11.4. The van der Waals surface area contributed by atoms with Crippen molar-refractivity contribution in [2.75, 3.05) is 12.4 Å². The van der Waals surface area contributed by atoms with Crippen LogP contribution in [0.3, 0.4) is 0 Å². The molecule has 0 spiro atoms. The predicted octanol–water partition coefficient (Wildman–Crippen LogP) is 0.0472. The van der Waals surface area contributed by atoms with Gasteiger partial charge in [-0.05, 0) is 13.8 Å². The largest absolute Gasteiger partial charge is 0.461 e. The minimum Gasteiger partial charge on any atom is -0.461 e. The minimum atomic E-state index is -0.579. The average Bonchev–Trinajstić information content (AvgIpc) is 2.13. The van der Waals surface area contributed by atoms with Crippen LogP contribution in [0.25, 0.3) is 0 Å². The van der Waals surface area contributed by atoms with Crippen molar-refractivity contribution in [1.29, 1.82) is 0 Å². The van der Waals surface area contributed by atoms with Gasteiger partial charge in [0.15, 0.2) is 11.1 Å². The van der Waals surface area contributed by atoms with Gasteiger partial charge >= 0.3 is 5.97 Å². The van der Waals surface area contributed by atoms with Crippen molar-refractivity contribution in [3.8, 4) is 0 Å². The van der Waals surface area contributed by atoms with Crippen LogP contribution in [0.4, 0.5) is 0 Å². The summed E-state index contributed by atoms with van der Waals surface area (Å²) in [7, 11) is 0. The number of aromatic nitrogens is 1. The van der Waals surface area contributed by atoms with E-state index in [0.717, 1.165) is 4.68 Å². The standard InChI is InChI=1S/C9H12N2O3/c1-3-14-9(13)8-6(2)7(12)4-5-11(8)10/h4-5H,3,10H2,1-2H3. The first-order valence-corrected chi connectivity index (χ1v) is 4.22. The lowest BCUT2D eigenvalue weighted by atomic mass is 10.2. The first-order chi connectivity index (χ1) is 6.57. The lowest BCUT2D eigenvalue weighted by molar-refractivity contribution is 0.0514. The number of nitrogens with zero attached hydrogens (tertiary/aromatic N) is 1. The van der Waals surface area contributed by atoms with Gasteiger partial charge in [-0.2, -0.15) is 0 Å². The molecule has 0 bridgehead atoms. The molecule has 1 aromatic heterocycles. The first kappa shape index (κ1) is 10.3. The van der Waals surface area contributed by atoms with Gasteiger partial charge in [-0.15, -0.1) is 0 Å². The maximum atomic E-state index is 11.4. The SMILES string of the molecule is CCOC(=O)c1c(C)c(=O)ccn1N. The molecule has 0 atom stereocenters. The average molecular weight is 196 g/mol. The Balaban J connectivity index is 3.25. The zero-order valence-corrected chi connectivity index (χ0v) is 8.11. The fraction of sp³-hybridized carbons (Fsp3) is 0.333. The molecular weight excluding hydrogens is 184 g/mol. The molecule has 76 valence electrons. The molecule has 0 unspecified atom stereocenters. The van der Waals surface area contributed by atoms with Crippen LogP contribution >= 0.6 is 0 Å². The van der Waals surface area contributed by atoms with Crippen LogP contribution < -0.4 is 11.3 Å². The number of hydrogen-bond acceptors (Lipinski definition) is 4. The first-order valence-electron chi connectivity index (χ1n) is 4.22. The lowest BCUT2D eigenvalue weighted by Gasteiger charge is -2.09. The molecule has 0 amide bonds. The van der Waals surface area contributed by atoms with Crippen LogP contribution in [-0.4, -0.2) is 17.3 Å². The number of hydrogen-bond donors (Lipinski definition) is 1. The third-order valence-electron chi connectivity index (χ3n) is 1.84. The van der Waals surface area contributed by atoms with Crippen LogP contribution in [0.1, 0.15) is 23.0 Å². The molecule has 2 N–H and O–H groups in total. The second kappa shape index (κ2) is 3.95.